The van der Waals surface area contributed by atoms with Crippen molar-refractivity contribution in [1.82, 2.24) is 30.1 Å². The molecule has 1 aromatic carbocycles. The van der Waals surface area contributed by atoms with Crippen molar-refractivity contribution in [3.8, 4) is 0 Å². The van der Waals surface area contributed by atoms with Crippen LogP contribution >= 0.6 is 0 Å². The Hall–Kier alpha value is -2.58. The minimum absolute atomic E-state index is 0.0736. The Bertz CT molecular complexity index is 1170. The first-order valence-corrected chi connectivity index (χ1v) is 12.3. The van der Waals surface area contributed by atoms with E-state index in [-0.39, 0.29) is 17.7 Å². The quantitative estimate of drug-likeness (QED) is 0.616. The normalized spacial score (nSPS) is 20.7. The van der Waals surface area contributed by atoms with Gasteiger partial charge >= 0.3 is 0 Å². The Morgan fingerprint density at radius 3 is 2.76 bits per heavy atom. The molecule has 0 radical (unpaired) electrons. The molecule has 8 heteroatoms. The average Bonchev–Trinajstić information content (AvgIpc) is 3.51. The zero-order chi connectivity index (χ0) is 22.9. The Morgan fingerprint density at radius 2 is 2.00 bits per heavy atom. The topological polar surface area (TPSA) is 88.9 Å². The second-order valence-corrected chi connectivity index (χ2v) is 9.74. The summed E-state index contributed by atoms with van der Waals surface area (Å²) in [6, 6.07) is 6.31. The van der Waals surface area contributed by atoms with Crippen molar-refractivity contribution < 1.29 is 4.74 Å². The molecule has 2 unspecified atom stereocenters. The van der Waals surface area contributed by atoms with Crippen molar-refractivity contribution in [3.63, 3.8) is 0 Å². The molecule has 1 aliphatic heterocycles. The number of H-pyrrole nitrogens is 1. The van der Waals surface area contributed by atoms with Crippen molar-refractivity contribution in [2.45, 2.75) is 83.5 Å². The van der Waals surface area contributed by atoms with Gasteiger partial charge in [-0.1, -0.05) is 31.4 Å². The van der Waals surface area contributed by atoms with E-state index in [9.17, 15) is 4.79 Å². The third-order valence-corrected chi connectivity index (χ3v) is 7.64. The highest BCUT2D eigenvalue weighted by molar-refractivity contribution is 5.83. The molecular formula is C25H34N6O2. The Morgan fingerprint density at radius 1 is 1.18 bits per heavy atom. The molecule has 0 spiro atoms. The summed E-state index contributed by atoms with van der Waals surface area (Å²) in [6.07, 6.45) is 8.17. The summed E-state index contributed by atoms with van der Waals surface area (Å²) in [5.74, 6) is 0.715. The van der Waals surface area contributed by atoms with Gasteiger partial charge in [0.15, 0.2) is 5.82 Å². The molecule has 3 aromatic rings. The van der Waals surface area contributed by atoms with Gasteiger partial charge in [-0.05, 0) is 79.6 Å². The number of aryl methyl sites for hydroxylation is 2. The molecule has 1 aliphatic carbocycles. The Balaban J connectivity index is 1.61. The maximum absolute atomic E-state index is 13.5. The smallest absolute Gasteiger partial charge is 0.253 e. The predicted molar refractivity (Wildman–Crippen MR) is 127 cm³/mol. The van der Waals surface area contributed by atoms with Gasteiger partial charge in [0, 0.05) is 18.2 Å². The minimum Gasteiger partial charge on any atom is -0.376 e. The Labute approximate surface area is 194 Å². The number of aromatic nitrogens is 5. The van der Waals surface area contributed by atoms with Gasteiger partial charge in [0.2, 0.25) is 0 Å². The molecule has 2 aliphatic rings. The zero-order valence-corrected chi connectivity index (χ0v) is 19.9. The van der Waals surface area contributed by atoms with Gasteiger partial charge in [-0.3, -0.25) is 9.69 Å². The highest BCUT2D eigenvalue weighted by Crippen LogP contribution is 2.33. The lowest BCUT2D eigenvalue weighted by Crippen LogP contribution is -2.40. The van der Waals surface area contributed by atoms with Crippen LogP contribution in [0.25, 0.3) is 10.9 Å². The number of aromatic amines is 1. The second kappa shape index (κ2) is 9.35. The first kappa shape index (κ1) is 22.2. The van der Waals surface area contributed by atoms with Crippen molar-refractivity contribution in [1.29, 1.82) is 0 Å². The van der Waals surface area contributed by atoms with E-state index in [2.05, 4.69) is 58.4 Å². The summed E-state index contributed by atoms with van der Waals surface area (Å²) >= 11 is 0. The fourth-order valence-corrected chi connectivity index (χ4v) is 5.50. The predicted octanol–water partition coefficient (Wildman–Crippen LogP) is 3.66. The number of rotatable bonds is 6. The van der Waals surface area contributed by atoms with E-state index < -0.39 is 0 Å². The maximum Gasteiger partial charge on any atom is 0.253 e. The van der Waals surface area contributed by atoms with E-state index in [1.807, 2.05) is 10.7 Å². The van der Waals surface area contributed by atoms with E-state index in [4.69, 9.17) is 4.74 Å². The lowest BCUT2D eigenvalue weighted by molar-refractivity contribution is 0.0894. The average molecular weight is 451 g/mol. The summed E-state index contributed by atoms with van der Waals surface area (Å²) < 4.78 is 7.70. The summed E-state index contributed by atoms with van der Waals surface area (Å²) in [5.41, 5.74) is 3.80. The van der Waals surface area contributed by atoms with E-state index in [0.717, 1.165) is 48.8 Å². The molecule has 0 amide bonds. The number of fused-ring (bicyclic) bond motifs is 1. The molecule has 2 atom stereocenters. The molecule has 3 heterocycles. The third kappa shape index (κ3) is 4.34. The molecule has 5 rings (SSSR count). The molecule has 2 fully saturated rings. The molecule has 8 nitrogen and oxygen atoms in total. The van der Waals surface area contributed by atoms with Crippen LogP contribution in [0.4, 0.5) is 0 Å². The zero-order valence-electron chi connectivity index (χ0n) is 19.9. The molecule has 1 saturated carbocycles. The van der Waals surface area contributed by atoms with Crippen LogP contribution < -0.4 is 5.56 Å². The number of hydrogen-bond acceptors (Lipinski definition) is 6. The van der Waals surface area contributed by atoms with E-state index in [1.54, 1.807) is 0 Å². The molecule has 1 saturated heterocycles. The van der Waals surface area contributed by atoms with Crippen LogP contribution in [0.2, 0.25) is 0 Å². The summed E-state index contributed by atoms with van der Waals surface area (Å²) in [7, 11) is 2.12. The van der Waals surface area contributed by atoms with Gasteiger partial charge in [0.1, 0.15) is 6.04 Å². The van der Waals surface area contributed by atoms with Gasteiger partial charge in [-0.25, -0.2) is 4.68 Å². The molecule has 0 bridgehead atoms. The van der Waals surface area contributed by atoms with Crippen molar-refractivity contribution in [2.24, 2.45) is 0 Å². The standard InChI is InChI=1S/C25H34N6O2/c1-16-11-12-18-14-21(25(32)26-22(18)17(16)2)23(30(3)19-8-5-4-6-9-19)24-27-28-29-31(24)15-20-10-7-13-33-20/h11-12,14,19-20,23H,4-10,13,15H2,1-3H3,(H,26,32). The summed E-state index contributed by atoms with van der Waals surface area (Å²) in [6.45, 7) is 5.53. The molecule has 176 valence electrons. The van der Waals surface area contributed by atoms with Crippen LogP contribution in [0.3, 0.4) is 0 Å². The Kier molecular flexibility index (Phi) is 6.29. The van der Waals surface area contributed by atoms with Crippen LogP contribution in [0, 0.1) is 13.8 Å². The third-order valence-electron chi connectivity index (χ3n) is 7.64. The highest BCUT2D eigenvalue weighted by atomic mass is 16.5. The van der Waals surface area contributed by atoms with E-state index in [0.29, 0.717) is 24.0 Å². The van der Waals surface area contributed by atoms with Gasteiger partial charge < -0.3 is 9.72 Å². The molecule has 1 N–H and O–H groups in total. The first-order chi connectivity index (χ1) is 16.0. The van der Waals surface area contributed by atoms with E-state index >= 15 is 0 Å². The lowest BCUT2D eigenvalue weighted by atomic mass is 9.92. The first-order valence-electron chi connectivity index (χ1n) is 12.3. The monoisotopic (exact) mass is 450 g/mol. The second-order valence-electron chi connectivity index (χ2n) is 9.74. The number of benzene rings is 1. The van der Waals surface area contributed by atoms with E-state index in [1.165, 1.54) is 24.8 Å². The molecule has 2 aromatic heterocycles. The van der Waals surface area contributed by atoms with Gasteiger partial charge in [-0.2, -0.15) is 0 Å². The van der Waals surface area contributed by atoms with Crippen LogP contribution in [-0.4, -0.2) is 55.9 Å². The van der Waals surface area contributed by atoms with Crippen molar-refractivity contribution in [2.75, 3.05) is 13.7 Å². The minimum atomic E-state index is -0.320. The number of nitrogens with zero attached hydrogens (tertiary/aromatic N) is 5. The van der Waals surface area contributed by atoms with Crippen LogP contribution in [0.5, 0.6) is 0 Å². The lowest BCUT2D eigenvalue weighted by Gasteiger charge is -2.36. The molecule has 33 heavy (non-hydrogen) atoms. The number of hydrogen-bond donors (Lipinski definition) is 1. The largest absolute Gasteiger partial charge is 0.376 e. The fourth-order valence-electron chi connectivity index (χ4n) is 5.50. The maximum atomic E-state index is 13.5. The highest BCUT2D eigenvalue weighted by Gasteiger charge is 2.33. The fraction of sp³-hybridized carbons (Fsp3) is 0.600. The molecular weight excluding hydrogens is 416 g/mol. The van der Waals surface area contributed by atoms with Crippen molar-refractivity contribution >= 4 is 10.9 Å². The summed E-state index contributed by atoms with van der Waals surface area (Å²) in [5, 5.41) is 13.8. The van der Waals surface area contributed by atoms with Crippen LogP contribution in [-0.2, 0) is 11.3 Å². The number of pyridine rings is 1. The number of tetrazole rings is 1. The summed E-state index contributed by atoms with van der Waals surface area (Å²) in [4.78, 5) is 19.0. The number of nitrogens with one attached hydrogen (secondary N) is 1. The van der Waals surface area contributed by atoms with Gasteiger partial charge in [-0.15, -0.1) is 5.10 Å². The van der Waals surface area contributed by atoms with Crippen LogP contribution in [0.15, 0.2) is 23.0 Å². The van der Waals surface area contributed by atoms with Gasteiger partial charge in [0.25, 0.3) is 5.56 Å². The van der Waals surface area contributed by atoms with Crippen molar-refractivity contribution in [3.05, 3.63) is 51.1 Å². The van der Waals surface area contributed by atoms with Crippen LogP contribution in [0.1, 0.15) is 73.5 Å². The van der Waals surface area contributed by atoms with Gasteiger partial charge in [0.05, 0.1) is 18.2 Å². The number of ether oxygens (including phenoxy) is 1. The SMILES string of the molecule is Cc1ccc2cc(C(c3nnnn3CC3CCCO3)N(C)C3CCCCC3)c(=O)[nH]c2c1C.